The molecule has 1 aliphatic rings. The summed E-state index contributed by atoms with van der Waals surface area (Å²) >= 11 is 5.51. The van der Waals surface area contributed by atoms with Crippen LogP contribution in [0.1, 0.15) is 11.6 Å². The highest BCUT2D eigenvalue weighted by Crippen LogP contribution is 2.38. The van der Waals surface area contributed by atoms with Gasteiger partial charge in [-0.25, -0.2) is 4.39 Å². The third kappa shape index (κ3) is 3.97. The van der Waals surface area contributed by atoms with Gasteiger partial charge in [0.1, 0.15) is 11.9 Å². The topological polar surface area (TPSA) is 15.3 Å². The van der Waals surface area contributed by atoms with Crippen LogP contribution in [-0.4, -0.2) is 37.3 Å². The fraction of sp³-hybridized carbons (Fsp3) is 0.500. The third-order valence-electron chi connectivity index (χ3n) is 3.09. The molecule has 1 fully saturated rings. The molecule has 0 amide bonds. The Kier molecular flexibility index (Phi) is 6.06. The Morgan fingerprint density at radius 1 is 1.20 bits per heavy atom. The first-order valence-electron chi connectivity index (χ1n) is 5.86. The summed E-state index contributed by atoms with van der Waals surface area (Å²) in [5.41, 5.74) is -0.115. The van der Waals surface area contributed by atoms with E-state index in [-0.39, 0.29) is 36.1 Å². The number of hydrogen-bond donors (Lipinski definition) is 1. The van der Waals surface area contributed by atoms with E-state index >= 15 is 0 Å². The van der Waals surface area contributed by atoms with Gasteiger partial charge in [-0.05, 0) is 17.7 Å². The predicted octanol–water partition coefficient (Wildman–Crippen LogP) is 3.41. The van der Waals surface area contributed by atoms with Crippen LogP contribution in [0.25, 0.3) is 0 Å². The fourth-order valence-electron chi connectivity index (χ4n) is 2.23. The van der Waals surface area contributed by atoms with E-state index in [0.717, 1.165) is 12.1 Å². The van der Waals surface area contributed by atoms with Crippen LogP contribution in [0, 0.1) is 5.82 Å². The maximum absolute atomic E-state index is 13.4. The fourth-order valence-corrected chi connectivity index (χ4v) is 2.35. The van der Waals surface area contributed by atoms with Crippen molar-refractivity contribution in [2.45, 2.75) is 12.2 Å². The van der Waals surface area contributed by atoms with Crippen molar-refractivity contribution >= 4 is 24.0 Å². The van der Waals surface area contributed by atoms with Gasteiger partial charge in [-0.1, -0.05) is 17.7 Å². The molecular formula is C12H14Cl2F4N2. The molecule has 0 unspecified atom stereocenters. The van der Waals surface area contributed by atoms with Gasteiger partial charge in [0.05, 0.1) is 5.02 Å². The standard InChI is InChI=1S/C12H13ClF4N2.ClH/c13-9-2-1-8(7-10(9)14)11(12(15,16)17)19-5-3-18-4-6-19;/h1-2,7,11,18H,3-6H2;1H/t11-;/m0./s1. The van der Waals surface area contributed by atoms with Crippen molar-refractivity contribution in [2.24, 2.45) is 0 Å². The molecule has 1 N–H and O–H groups in total. The summed E-state index contributed by atoms with van der Waals surface area (Å²) in [5.74, 6) is -0.830. The van der Waals surface area contributed by atoms with E-state index in [1.807, 2.05) is 0 Å². The Bertz CT molecular complexity index is 448. The number of halogens is 6. The molecule has 0 aliphatic carbocycles. The molecule has 2 rings (SSSR count). The summed E-state index contributed by atoms with van der Waals surface area (Å²) in [4.78, 5) is 1.30. The highest BCUT2D eigenvalue weighted by molar-refractivity contribution is 6.30. The van der Waals surface area contributed by atoms with Gasteiger partial charge in [0.2, 0.25) is 0 Å². The highest BCUT2D eigenvalue weighted by Gasteiger charge is 2.45. The van der Waals surface area contributed by atoms with Gasteiger partial charge in [-0.2, -0.15) is 13.2 Å². The van der Waals surface area contributed by atoms with Crippen molar-refractivity contribution in [1.82, 2.24) is 10.2 Å². The van der Waals surface area contributed by atoms with E-state index in [1.54, 1.807) is 0 Å². The van der Waals surface area contributed by atoms with Gasteiger partial charge in [-0.3, -0.25) is 4.90 Å². The van der Waals surface area contributed by atoms with Crippen molar-refractivity contribution in [2.75, 3.05) is 26.2 Å². The molecule has 0 saturated carbocycles. The Hall–Kier alpha value is -0.560. The van der Waals surface area contributed by atoms with Gasteiger partial charge in [0, 0.05) is 26.2 Å². The molecule has 0 aromatic heterocycles. The lowest BCUT2D eigenvalue weighted by Gasteiger charge is -2.36. The first-order valence-corrected chi connectivity index (χ1v) is 6.24. The molecule has 8 heteroatoms. The normalized spacial score (nSPS) is 18.4. The Balaban J connectivity index is 0.00000200. The van der Waals surface area contributed by atoms with Gasteiger partial charge in [-0.15, -0.1) is 12.4 Å². The Labute approximate surface area is 125 Å². The van der Waals surface area contributed by atoms with Crippen LogP contribution >= 0.6 is 24.0 Å². The zero-order chi connectivity index (χ0) is 14.0. The molecule has 0 radical (unpaired) electrons. The van der Waals surface area contributed by atoms with Gasteiger partial charge < -0.3 is 5.32 Å². The molecule has 1 atom stereocenters. The van der Waals surface area contributed by atoms with Gasteiger partial charge in [0.15, 0.2) is 0 Å². The van der Waals surface area contributed by atoms with Crippen LogP contribution in [0.3, 0.4) is 0 Å². The first-order chi connectivity index (χ1) is 8.89. The SMILES string of the molecule is Cl.Fc1cc([C@H](N2CCNCC2)C(F)(F)F)ccc1Cl. The van der Waals surface area contributed by atoms with Crippen molar-refractivity contribution in [1.29, 1.82) is 0 Å². The van der Waals surface area contributed by atoms with Crippen LogP contribution in [0.2, 0.25) is 5.02 Å². The summed E-state index contributed by atoms with van der Waals surface area (Å²) < 4.78 is 53.0. The van der Waals surface area contributed by atoms with Crippen LogP contribution in [-0.2, 0) is 0 Å². The lowest BCUT2D eigenvalue weighted by atomic mass is 10.0. The minimum atomic E-state index is -4.45. The molecule has 1 aromatic rings. The van der Waals surface area contributed by atoms with Crippen molar-refractivity contribution < 1.29 is 17.6 Å². The molecule has 1 aliphatic heterocycles. The van der Waals surface area contributed by atoms with E-state index in [1.165, 1.54) is 11.0 Å². The zero-order valence-electron chi connectivity index (χ0n) is 10.4. The minimum absolute atomic E-state index is 0. The number of alkyl halides is 3. The third-order valence-corrected chi connectivity index (χ3v) is 3.39. The smallest absolute Gasteiger partial charge is 0.314 e. The van der Waals surface area contributed by atoms with Crippen molar-refractivity contribution in [3.8, 4) is 0 Å². The van der Waals surface area contributed by atoms with Crippen LogP contribution in [0.5, 0.6) is 0 Å². The number of piperazine rings is 1. The number of rotatable bonds is 2. The molecule has 0 spiro atoms. The van der Waals surface area contributed by atoms with E-state index in [0.29, 0.717) is 13.1 Å². The van der Waals surface area contributed by atoms with Gasteiger partial charge in [0.25, 0.3) is 0 Å². The molecular weight excluding hydrogens is 319 g/mol. The van der Waals surface area contributed by atoms with E-state index < -0.39 is 18.0 Å². The summed E-state index contributed by atoms with van der Waals surface area (Å²) in [6.45, 7) is 1.52. The summed E-state index contributed by atoms with van der Waals surface area (Å²) in [5, 5.41) is 2.81. The monoisotopic (exact) mass is 332 g/mol. The second-order valence-corrected chi connectivity index (χ2v) is 4.81. The first kappa shape index (κ1) is 17.5. The quantitative estimate of drug-likeness (QED) is 0.835. The maximum Gasteiger partial charge on any atom is 0.408 e. The average molecular weight is 333 g/mol. The van der Waals surface area contributed by atoms with Crippen molar-refractivity contribution in [3.05, 3.63) is 34.6 Å². The average Bonchev–Trinajstić information content (AvgIpc) is 2.34. The van der Waals surface area contributed by atoms with Crippen LogP contribution < -0.4 is 5.32 Å². The van der Waals surface area contributed by atoms with Crippen LogP contribution in [0.15, 0.2) is 18.2 Å². The number of nitrogens with one attached hydrogen (secondary N) is 1. The van der Waals surface area contributed by atoms with E-state index in [2.05, 4.69) is 5.32 Å². The van der Waals surface area contributed by atoms with Gasteiger partial charge >= 0.3 is 6.18 Å². The van der Waals surface area contributed by atoms with Crippen molar-refractivity contribution in [3.63, 3.8) is 0 Å². The van der Waals surface area contributed by atoms with E-state index in [9.17, 15) is 17.6 Å². The second-order valence-electron chi connectivity index (χ2n) is 4.40. The molecule has 2 nitrogen and oxygen atoms in total. The van der Waals surface area contributed by atoms with Crippen LogP contribution in [0.4, 0.5) is 17.6 Å². The number of hydrogen-bond acceptors (Lipinski definition) is 2. The lowest BCUT2D eigenvalue weighted by molar-refractivity contribution is -0.187. The Morgan fingerprint density at radius 3 is 2.30 bits per heavy atom. The largest absolute Gasteiger partial charge is 0.408 e. The Morgan fingerprint density at radius 2 is 1.80 bits per heavy atom. The molecule has 1 saturated heterocycles. The molecule has 114 valence electrons. The maximum atomic E-state index is 13.4. The molecule has 0 bridgehead atoms. The summed E-state index contributed by atoms with van der Waals surface area (Å²) in [6.07, 6.45) is -4.45. The second kappa shape index (κ2) is 6.93. The molecule has 1 aromatic carbocycles. The number of benzene rings is 1. The lowest BCUT2D eigenvalue weighted by Crippen LogP contribution is -2.49. The molecule has 20 heavy (non-hydrogen) atoms. The minimum Gasteiger partial charge on any atom is -0.314 e. The highest BCUT2D eigenvalue weighted by atomic mass is 35.5. The molecule has 1 heterocycles. The summed E-state index contributed by atoms with van der Waals surface area (Å²) in [6, 6.07) is 1.46. The van der Waals surface area contributed by atoms with E-state index in [4.69, 9.17) is 11.6 Å². The summed E-state index contributed by atoms with van der Waals surface area (Å²) in [7, 11) is 0. The number of nitrogens with zero attached hydrogens (tertiary/aromatic N) is 1. The predicted molar refractivity (Wildman–Crippen MR) is 71.9 cm³/mol. The zero-order valence-corrected chi connectivity index (χ0v) is 12.0.